The Bertz CT molecular complexity index is 540. The molecule has 4 heteroatoms. The van der Waals surface area contributed by atoms with Crippen LogP contribution in [0.25, 0.3) is 0 Å². The second-order valence-electron chi connectivity index (χ2n) is 7.52. The number of aryl methyl sites for hydroxylation is 1. The molecule has 2 atom stereocenters. The van der Waals surface area contributed by atoms with E-state index in [9.17, 15) is 0 Å². The maximum atomic E-state index is 6.19. The lowest BCUT2D eigenvalue weighted by molar-refractivity contribution is 0.00578. The van der Waals surface area contributed by atoms with Gasteiger partial charge < -0.3 is 9.31 Å². The van der Waals surface area contributed by atoms with E-state index < -0.39 is 0 Å². The molecule has 3 rings (SSSR count). The highest BCUT2D eigenvalue weighted by Crippen LogP contribution is 2.56. The minimum Gasteiger partial charge on any atom is -0.403 e. The third-order valence-electron chi connectivity index (χ3n) is 5.41. The Labute approximate surface area is 131 Å². The van der Waals surface area contributed by atoms with E-state index in [1.807, 2.05) is 0 Å². The maximum Gasteiger partial charge on any atom is 0.461 e. The molecule has 0 N–H and O–H groups in total. The van der Waals surface area contributed by atoms with Crippen molar-refractivity contribution in [3.63, 3.8) is 0 Å². The van der Waals surface area contributed by atoms with Crippen molar-refractivity contribution >= 4 is 21.8 Å². The Hall–Kier alpha value is -0.578. The predicted octanol–water partition coefficient (Wildman–Crippen LogP) is 3.29. The average molecular weight is 300 g/mol. The number of benzene rings is 1. The van der Waals surface area contributed by atoms with Gasteiger partial charge in [0.05, 0.1) is 20.7 Å². The van der Waals surface area contributed by atoms with Crippen LogP contribution < -0.4 is 5.19 Å². The van der Waals surface area contributed by atoms with Gasteiger partial charge in [0.1, 0.15) is 0 Å². The minimum absolute atomic E-state index is 0.0161. The molecule has 21 heavy (non-hydrogen) atoms. The fourth-order valence-electron chi connectivity index (χ4n) is 2.85. The first-order valence-corrected chi connectivity index (χ1v) is 8.97. The SMILES string of the molecule is Cc1cccc([Si]C2CC2B2OC(C)(C)C(C)(C)O2)c1C. The molecule has 2 radical (unpaired) electrons. The molecule has 0 aromatic heterocycles. The average Bonchev–Trinajstić information content (AvgIpc) is 3.08. The fourth-order valence-corrected chi connectivity index (χ4v) is 4.62. The highest BCUT2D eigenvalue weighted by molar-refractivity contribution is 6.61. The topological polar surface area (TPSA) is 18.5 Å². The second-order valence-corrected chi connectivity index (χ2v) is 9.09. The van der Waals surface area contributed by atoms with E-state index in [1.165, 1.54) is 22.7 Å². The monoisotopic (exact) mass is 300 g/mol. The van der Waals surface area contributed by atoms with Crippen LogP contribution >= 0.6 is 0 Å². The maximum absolute atomic E-state index is 6.19. The molecule has 1 saturated carbocycles. The van der Waals surface area contributed by atoms with E-state index in [2.05, 4.69) is 59.7 Å². The van der Waals surface area contributed by atoms with Crippen molar-refractivity contribution in [2.75, 3.05) is 0 Å². The summed E-state index contributed by atoms with van der Waals surface area (Å²) in [4.78, 5) is 0. The number of rotatable bonds is 3. The van der Waals surface area contributed by atoms with E-state index >= 15 is 0 Å². The molecule has 2 aliphatic rings. The molecule has 0 amide bonds. The molecule has 0 bridgehead atoms. The van der Waals surface area contributed by atoms with Crippen LogP contribution in [0.1, 0.15) is 45.2 Å². The lowest BCUT2D eigenvalue weighted by atomic mass is 9.82. The summed E-state index contributed by atoms with van der Waals surface area (Å²) in [6.45, 7) is 13.0. The van der Waals surface area contributed by atoms with Crippen molar-refractivity contribution in [1.29, 1.82) is 0 Å². The molecular formula is C17H25BO2Si. The Morgan fingerprint density at radius 2 is 1.71 bits per heavy atom. The van der Waals surface area contributed by atoms with Crippen molar-refractivity contribution in [3.05, 3.63) is 29.3 Å². The van der Waals surface area contributed by atoms with E-state index in [0.29, 0.717) is 5.82 Å². The van der Waals surface area contributed by atoms with Crippen LogP contribution in [0, 0.1) is 13.8 Å². The van der Waals surface area contributed by atoms with Gasteiger partial charge in [-0.05, 0) is 64.0 Å². The zero-order valence-electron chi connectivity index (χ0n) is 14.0. The molecule has 1 heterocycles. The normalized spacial score (nSPS) is 29.7. The van der Waals surface area contributed by atoms with Crippen molar-refractivity contribution in [2.24, 2.45) is 0 Å². The molecule has 2 nitrogen and oxygen atoms in total. The lowest BCUT2D eigenvalue weighted by Crippen LogP contribution is -2.41. The van der Waals surface area contributed by atoms with Crippen molar-refractivity contribution < 1.29 is 9.31 Å². The fraction of sp³-hybridized carbons (Fsp3) is 0.647. The molecule has 1 aromatic carbocycles. The van der Waals surface area contributed by atoms with Gasteiger partial charge in [-0.1, -0.05) is 29.8 Å². The van der Waals surface area contributed by atoms with Gasteiger partial charge in [0.25, 0.3) is 0 Å². The Balaban J connectivity index is 1.64. The molecule has 2 unspecified atom stereocenters. The summed E-state index contributed by atoms with van der Waals surface area (Å²) >= 11 is 0. The predicted molar refractivity (Wildman–Crippen MR) is 89.5 cm³/mol. The van der Waals surface area contributed by atoms with Gasteiger partial charge in [-0.15, -0.1) is 0 Å². The first kappa shape index (κ1) is 15.3. The van der Waals surface area contributed by atoms with Crippen LogP contribution in [0.4, 0.5) is 0 Å². The zero-order chi connectivity index (χ0) is 15.4. The Morgan fingerprint density at radius 3 is 2.33 bits per heavy atom. The van der Waals surface area contributed by atoms with Crippen molar-refractivity contribution in [3.8, 4) is 0 Å². The molecule has 1 saturated heterocycles. The summed E-state index contributed by atoms with van der Waals surface area (Å²) < 4.78 is 12.4. The van der Waals surface area contributed by atoms with Crippen LogP contribution in [0.2, 0.25) is 11.4 Å². The lowest BCUT2D eigenvalue weighted by Gasteiger charge is -2.32. The second kappa shape index (κ2) is 4.97. The summed E-state index contributed by atoms with van der Waals surface area (Å²) in [7, 11) is 0.862. The van der Waals surface area contributed by atoms with Gasteiger partial charge in [-0.25, -0.2) is 0 Å². The van der Waals surface area contributed by atoms with E-state index in [4.69, 9.17) is 9.31 Å². The molecule has 1 aliphatic carbocycles. The highest BCUT2D eigenvalue weighted by atomic mass is 28.2. The molecule has 112 valence electrons. The van der Waals surface area contributed by atoms with Gasteiger partial charge in [0, 0.05) is 0 Å². The molecule has 0 spiro atoms. The smallest absolute Gasteiger partial charge is 0.403 e. The van der Waals surface area contributed by atoms with Gasteiger partial charge >= 0.3 is 7.12 Å². The summed E-state index contributed by atoms with van der Waals surface area (Å²) in [6, 6.07) is 6.65. The minimum atomic E-state index is -0.201. The van der Waals surface area contributed by atoms with Crippen LogP contribution in [0.15, 0.2) is 18.2 Å². The largest absolute Gasteiger partial charge is 0.461 e. The number of hydrogen-bond acceptors (Lipinski definition) is 2. The molecule has 1 aromatic rings. The van der Waals surface area contributed by atoms with Gasteiger partial charge in [-0.3, -0.25) is 0 Å². The van der Waals surface area contributed by atoms with E-state index in [1.54, 1.807) is 0 Å². The quantitative estimate of drug-likeness (QED) is 0.798. The zero-order valence-corrected chi connectivity index (χ0v) is 15.0. The van der Waals surface area contributed by atoms with Crippen LogP contribution in [0.3, 0.4) is 0 Å². The van der Waals surface area contributed by atoms with Crippen LogP contribution in [0.5, 0.6) is 0 Å². The Kier molecular flexibility index (Phi) is 3.63. The summed E-state index contributed by atoms with van der Waals surface area (Å²) in [5.41, 5.74) is 3.18. The van der Waals surface area contributed by atoms with Crippen LogP contribution in [-0.4, -0.2) is 27.8 Å². The first-order chi connectivity index (χ1) is 9.71. The standard InChI is InChI=1S/C17H25BO2Si/c1-11-8-7-9-14(12(11)2)21-15-10-13(15)18-19-16(3,4)17(5,6)20-18/h7-9,13,15H,10H2,1-6H3. The Morgan fingerprint density at radius 1 is 1.10 bits per heavy atom. The van der Waals surface area contributed by atoms with Crippen LogP contribution in [-0.2, 0) is 9.31 Å². The highest BCUT2D eigenvalue weighted by Gasteiger charge is 2.59. The van der Waals surface area contributed by atoms with Gasteiger partial charge in [0.2, 0.25) is 0 Å². The summed E-state index contributed by atoms with van der Waals surface area (Å²) in [6.07, 6.45) is 1.24. The third kappa shape index (κ3) is 2.74. The van der Waals surface area contributed by atoms with Gasteiger partial charge in [-0.2, -0.15) is 0 Å². The third-order valence-corrected chi connectivity index (χ3v) is 7.29. The van der Waals surface area contributed by atoms with E-state index in [0.717, 1.165) is 15.1 Å². The number of hydrogen-bond donors (Lipinski definition) is 0. The van der Waals surface area contributed by atoms with E-state index in [-0.39, 0.29) is 18.3 Å². The van der Waals surface area contributed by atoms with Crippen molar-refractivity contribution in [2.45, 2.75) is 70.5 Å². The molecule has 1 aliphatic heterocycles. The molecule has 2 fully saturated rings. The summed E-state index contributed by atoms with van der Waals surface area (Å²) in [5.74, 6) is 0.573. The molecular weight excluding hydrogens is 275 g/mol. The van der Waals surface area contributed by atoms with Crippen molar-refractivity contribution in [1.82, 2.24) is 0 Å². The first-order valence-electron chi connectivity index (χ1n) is 7.90. The summed E-state index contributed by atoms with van der Waals surface area (Å²) in [5, 5.41) is 1.51. The van der Waals surface area contributed by atoms with Gasteiger partial charge in [0.15, 0.2) is 0 Å².